The number of likely N-dealkylation sites (N-methyl/N-ethyl adjacent to an activating group) is 1. The Morgan fingerprint density at radius 1 is 1.38 bits per heavy atom. The Morgan fingerprint density at radius 2 is 1.75 bits per heavy atom. The quantitative estimate of drug-likeness (QED) is 0.447. The van der Waals surface area contributed by atoms with E-state index in [0.29, 0.717) is 0 Å². The molecule has 0 heterocycles. The first kappa shape index (κ1) is 11.0. The molecule has 0 rings (SSSR count). The van der Waals surface area contributed by atoms with Crippen molar-refractivity contribution in [2.45, 2.75) is 0 Å². The van der Waals surface area contributed by atoms with Crippen molar-refractivity contribution in [2.75, 3.05) is 27.7 Å². The van der Waals surface area contributed by atoms with E-state index in [1.165, 1.54) is 0 Å². The maximum atomic E-state index is 3.63. The van der Waals surface area contributed by atoms with Crippen molar-refractivity contribution < 1.29 is 4.48 Å². The lowest BCUT2D eigenvalue weighted by Crippen LogP contribution is -2.33. The van der Waals surface area contributed by atoms with Crippen LogP contribution in [0.2, 0.25) is 0 Å². The Kier molecular flexibility index (Phi) is 5.66. The highest BCUT2D eigenvalue weighted by Gasteiger charge is 1.99. The average molecular weight is 181 g/mol. The van der Waals surface area contributed by atoms with Crippen molar-refractivity contribution in [1.82, 2.24) is 0 Å². The van der Waals surface area contributed by atoms with Crippen LogP contribution in [-0.2, 0) is 0 Å². The van der Waals surface area contributed by atoms with Gasteiger partial charge in [0, 0.05) is 0 Å². The Morgan fingerprint density at radius 3 is 1.75 bits per heavy atom. The van der Waals surface area contributed by atoms with Crippen molar-refractivity contribution in [2.24, 2.45) is 0 Å². The molecule has 0 atom stereocenters. The second-order valence-corrected chi connectivity index (χ2v) is 2.76. The van der Waals surface area contributed by atoms with Gasteiger partial charge in [0.2, 0.25) is 0 Å². The summed E-state index contributed by atoms with van der Waals surface area (Å²) in [7, 11) is 6.42. The van der Waals surface area contributed by atoms with Crippen molar-refractivity contribution in [3.8, 4) is 0 Å². The first-order valence-corrected chi connectivity index (χ1v) is 2.47. The molecule has 0 bridgehead atoms. The van der Waals surface area contributed by atoms with E-state index in [2.05, 4.69) is 27.7 Å². The number of hydrogen-bond donors (Lipinski definition) is 0. The number of quaternary nitrogens is 1. The third-order valence-electron chi connectivity index (χ3n) is 0.677. The summed E-state index contributed by atoms with van der Waals surface area (Å²) in [6.07, 6.45) is 1.93. The van der Waals surface area contributed by atoms with E-state index in [-0.39, 0.29) is 17.0 Å². The molecule has 0 radical (unpaired) electrons. The lowest BCUT2D eigenvalue weighted by molar-refractivity contribution is -0.864. The van der Waals surface area contributed by atoms with E-state index in [1.54, 1.807) is 0 Å². The van der Waals surface area contributed by atoms with E-state index in [0.717, 1.165) is 11.0 Å². The Bertz CT molecular complexity index is 63.4. The van der Waals surface area contributed by atoms with Crippen LogP contribution in [0.15, 0.2) is 12.7 Å². The van der Waals surface area contributed by atoms with Crippen LogP contribution < -0.4 is 0 Å². The molecule has 0 aromatic rings. The molecule has 0 aromatic carbocycles. The van der Waals surface area contributed by atoms with Gasteiger partial charge in [-0.25, -0.2) is 0 Å². The molecular weight excluding hydrogens is 166 g/mol. The van der Waals surface area contributed by atoms with Crippen LogP contribution in [0.4, 0.5) is 0 Å². The lowest BCUT2D eigenvalue weighted by Gasteiger charge is -2.21. The van der Waals surface area contributed by atoms with Gasteiger partial charge >= 0.3 is 0 Å². The number of hydrogen-bond acceptors (Lipinski definition) is 0. The predicted molar refractivity (Wildman–Crippen MR) is 43.4 cm³/mol. The summed E-state index contributed by atoms with van der Waals surface area (Å²) in [5, 5.41) is 0. The van der Waals surface area contributed by atoms with Crippen LogP contribution >= 0.6 is 17.0 Å². The zero-order valence-corrected chi connectivity index (χ0v) is 7.56. The second-order valence-electron chi connectivity index (χ2n) is 2.76. The average Bonchev–Trinajstić information content (AvgIpc) is 1.30. The maximum Gasteiger partial charge on any atom is 0.0964 e. The molecule has 0 amide bonds. The smallest absolute Gasteiger partial charge is 0.0964 e. The van der Waals surface area contributed by atoms with Crippen molar-refractivity contribution in [1.29, 1.82) is 0 Å². The molecule has 0 aliphatic heterocycles. The Labute approximate surface area is 62.4 Å². The van der Waals surface area contributed by atoms with Crippen LogP contribution in [0.1, 0.15) is 0 Å². The number of nitrogens with zero attached hydrogens (tertiary/aromatic N) is 1. The summed E-state index contributed by atoms with van der Waals surface area (Å²) in [6.45, 7) is 4.67. The fourth-order valence-corrected chi connectivity index (χ4v) is 0.387. The molecular formula is C6H15BrN+. The van der Waals surface area contributed by atoms with Crippen molar-refractivity contribution >= 4 is 17.0 Å². The molecule has 8 heavy (non-hydrogen) atoms. The molecule has 0 unspecified atom stereocenters. The number of halogens is 1. The van der Waals surface area contributed by atoms with E-state index in [1.807, 2.05) is 6.08 Å². The highest BCUT2D eigenvalue weighted by molar-refractivity contribution is 8.93. The molecule has 0 fully saturated rings. The standard InChI is InChI=1S/C6H14N.BrH/c1-5-6-7(2,3)4;/h5H,1,6H2,2-4H3;1H/q+1;. The highest BCUT2D eigenvalue weighted by atomic mass is 79.9. The largest absolute Gasteiger partial charge is 0.328 e. The molecule has 0 saturated heterocycles. The van der Waals surface area contributed by atoms with Gasteiger partial charge < -0.3 is 4.48 Å². The van der Waals surface area contributed by atoms with Gasteiger partial charge in [-0.3, -0.25) is 0 Å². The van der Waals surface area contributed by atoms with Gasteiger partial charge in [0.05, 0.1) is 27.7 Å². The van der Waals surface area contributed by atoms with E-state index in [9.17, 15) is 0 Å². The summed E-state index contributed by atoms with van der Waals surface area (Å²) in [6, 6.07) is 0. The normalized spacial score (nSPS) is 9.88. The van der Waals surface area contributed by atoms with Crippen LogP contribution in [-0.4, -0.2) is 32.2 Å². The fraction of sp³-hybridized carbons (Fsp3) is 0.667. The van der Waals surface area contributed by atoms with E-state index in [4.69, 9.17) is 0 Å². The first-order chi connectivity index (χ1) is 3.06. The Balaban J connectivity index is 0. The monoisotopic (exact) mass is 180 g/mol. The van der Waals surface area contributed by atoms with E-state index >= 15 is 0 Å². The highest BCUT2D eigenvalue weighted by Crippen LogP contribution is 1.86. The topological polar surface area (TPSA) is 0 Å². The maximum absolute atomic E-state index is 3.63. The van der Waals surface area contributed by atoms with Gasteiger partial charge in [-0.05, 0) is 6.08 Å². The minimum atomic E-state index is 0. The van der Waals surface area contributed by atoms with Gasteiger partial charge in [0.1, 0.15) is 0 Å². The molecule has 50 valence electrons. The van der Waals surface area contributed by atoms with Crippen LogP contribution in [0.25, 0.3) is 0 Å². The summed E-state index contributed by atoms with van der Waals surface area (Å²) in [5.74, 6) is 0. The van der Waals surface area contributed by atoms with E-state index < -0.39 is 0 Å². The van der Waals surface area contributed by atoms with Crippen LogP contribution in [0.3, 0.4) is 0 Å². The number of rotatable bonds is 2. The molecule has 0 aliphatic carbocycles. The fourth-order valence-electron chi connectivity index (χ4n) is 0.387. The molecule has 0 aromatic heterocycles. The van der Waals surface area contributed by atoms with Crippen molar-refractivity contribution in [3.63, 3.8) is 0 Å². The van der Waals surface area contributed by atoms with Gasteiger partial charge in [-0.1, -0.05) is 6.58 Å². The molecule has 1 nitrogen and oxygen atoms in total. The van der Waals surface area contributed by atoms with Gasteiger partial charge in [-0.15, -0.1) is 17.0 Å². The predicted octanol–water partition coefficient (Wildman–Crippen LogP) is 1.46. The zero-order chi connectivity index (χ0) is 5.91. The molecule has 0 saturated carbocycles. The third kappa shape index (κ3) is 9.49. The van der Waals surface area contributed by atoms with Gasteiger partial charge in [0.15, 0.2) is 0 Å². The SMILES string of the molecule is Br.C=CC[N+](C)(C)C. The zero-order valence-electron chi connectivity index (χ0n) is 5.85. The molecule has 2 heteroatoms. The molecule has 0 spiro atoms. The van der Waals surface area contributed by atoms with Crippen molar-refractivity contribution in [3.05, 3.63) is 12.7 Å². The van der Waals surface area contributed by atoms with Gasteiger partial charge in [0.25, 0.3) is 0 Å². The molecule has 0 aliphatic rings. The summed E-state index contributed by atoms with van der Waals surface area (Å²) >= 11 is 0. The minimum Gasteiger partial charge on any atom is -0.328 e. The summed E-state index contributed by atoms with van der Waals surface area (Å²) < 4.78 is 0.976. The van der Waals surface area contributed by atoms with Crippen LogP contribution in [0.5, 0.6) is 0 Å². The summed E-state index contributed by atoms with van der Waals surface area (Å²) in [5.41, 5.74) is 0. The minimum absolute atomic E-state index is 0. The third-order valence-corrected chi connectivity index (χ3v) is 0.677. The van der Waals surface area contributed by atoms with Crippen LogP contribution in [0, 0.1) is 0 Å². The first-order valence-electron chi connectivity index (χ1n) is 2.47. The Hall–Kier alpha value is 0.180. The summed E-state index contributed by atoms with van der Waals surface area (Å²) in [4.78, 5) is 0. The van der Waals surface area contributed by atoms with Gasteiger partial charge in [-0.2, -0.15) is 0 Å². The lowest BCUT2D eigenvalue weighted by atomic mass is 10.5. The molecule has 0 N–H and O–H groups in total. The second kappa shape index (κ2) is 4.10.